The van der Waals surface area contributed by atoms with Gasteiger partial charge in [-0.15, -0.1) is 0 Å². The van der Waals surface area contributed by atoms with E-state index in [9.17, 15) is 34.2 Å². The molecule has 0 radical (unpaired) electrons. The van der Waals surface area contributed by atoms with Crippen LogP contribution in [0.25, 0.3) is 21.8 Å². The van der Waals surface area contributed by atoms with Crippen LogP contribution < -0.4 is 26.2 Å². The molecule has 64 heavy (non-hydrogen) atoms. The number of nitrogens with one attached hydrogen (secondary N) is 4. The molecule has 0 unspecified atom stereocenters. The van der Waals surface area contributed by atoms with Gasteiger partial charge in [0.1, 0.15) is 35.8 Å². The summed E-state index contributed by atoms with van der Waals surface area (Å²) in [6, 6.07) is 20.4. The van der Waals surface area contributed by atoms with Gasteiger partial charge in [0.15, 0.2) is 0 Å². The van der Waals surface area contributed by atoms with Crippen molar-refractivity contribution in [2.75, 3.05) is 31.0 Å². The largest absolute Gasteiger partial charge is 0.513 e. The highest BCUT2D eigenvalue weighted by Crippen LogP contribution is 2.42. The third-order valence-corrected chi connectivity index (χ3v) is 11.4. The monoisotopic (exact) mass is 862 g/mol. The lowest BCUT2D eigenvalue weighted by Crippen LogP contribution is -2.22. The SMILES string of the molecule is COC(=O)Oc1cc(NC(=O)c2c[nH]c3ccccc3c2=O)c(C#CCO)cc1C1CCCC1.O=C(Nc1cc(O)c(C2CCCC2)cc1C#CCO)c1c[nH]c2ccccc2c1=O. The first-order valence-corrected chi connectivity index (χ1v) is 20.9. The van der Waals surface area contributed by atoms with Crippen molar-refractivity contribution in [1.82, 2.24) is 9.97 Å². The van der Waals surface area contributed by atoms with Crippen molar-refractivity contribution in [1.29, 1.82) is 0 Å². The second kappa shape index (κ2) is 20.5. The van der Waals surface area contributed by atoms with E-state index in [2.05, 4.69) is 49.0 Å². The van der Waals surface area contributed by atoms with Crippen molar-refractivity contribution in [3.63, 3.8) is 0 Å². The summed E-state index contributed by atoms with van der Waals surface area (Å²) in [5.74, 6) is 10.4. The standard InChI is InChI=1S/C26H24N2O6.C24H22N2O4/c1-33-26(32)34-23-14-22(17(9-6-12-29)13-19(23)16-7-2-3-8-16)28-25(31)20-15-27-21-11-5-4-10-18(21)24(20)30;27-11-5-8-16-12-18(15-6-1-2-7-15)22(28)13-21(16)26-24(30)19-14-25-20-10-4-3-9-17(20)23(19)29/h4-5,10-11,13-16,29H,2-3,7-8,12H2,1H3,(H,27,30)(H,28,31);3-4,9-10,12-15,27-28H,1-2,6-7,11H2,(H,25,29)(H,26,30). The van der Waals surface area contributed by atoms with Crippen molar-refractivity contribution in [3.05, 3.63) is 139 Å². The molecule has 14 heteroatoms. The number of carbonyl (C=O) groups excluding carboxylic acids is 3. The van der Waals surface area contributed by atoms with Crippen molar-refractivity contribution in [3.8, 4) is 35.2 Å². The fourth-order valence-electron chi connectivity index (χ4n) is 8.28. The van der Waals surface area contributed by atoms with Gasteiger partial charge in [-0.2, -0.15) is 0 Å². The zero-order chi connectivity index (χ0) is 45.2. The van der Waals surface area contributed by atoms with Crippen molar-refractivity contribution in [2.45, 2.75) is 63.2 Å². The number of carbonyl (C=O) groups is 3. The maximum absolute atomic E-state index is 13.1. The number of para-hydroxylation sites is 2. The van der Waals surface area contributed by atoms with Crippen LogP contribution in [0.2, 0.25) is 0 Å². The van der Waals surface area contributed by atoms with E-state index in [-0.39, 0.29) is 58.8 Å². The number of methoxy groups -OCH3 is 1. The van der Waals surface area contributed by atoms with E-state index < -0.39 is 23.4 Å². The first kappa shape index (κ1) is 44.4. The highest BCUT2D eigenvalue weighted by molar-refractivity contribution is 6.07. The topological polar surface area (TPSA) is 220 Å². The molecule has 2 saturated carbocycles. The molecule has 2 heterocycles. The maximum Gasteiger partial charge on any atom is 0.513 e. The van der Waals surface area contributed by atoms with Gasteiger partial charge in [0.05, 0.1) is 18.5 Å². The highest BCUT2D eigenvalue weighted by atomic mass is 16.7. The van der Waals surface area contributed by atoms with Crippen LogP contribution in [-0.2, 0) is 4.74 Å². The Kier molecular flexibility index (Phi) is 14.2. The average molecular weight is 863 g/mol. The molecule has 2 fully saturated rings. The number of fused-ring (bicyclic) bond motifs is 2. The summed E-state index contributed by atoms with van der Waals surface area (Å²) in [5.41, 5.74) is 3.44. The lowest BCUT2D eigenvalue weighted by atomic mass is 9.94. The first-order valence-electron chi connectivity index (χ1n) is 20.9. The molecule has 8 rings (SSSR count). The van der Waals surface area contributed by atoms with Crippen LogP contribution in [0, 0.1) is 23.7 Å². The van der Waals surface area contributed by atoms with Gasteiger partial charge in [0, 0.05) is 57.5 Å². The molecule has 0 saturated heterocycles. The Morgan fingerprint density at radius 1 is 0.672 bits per heavy atom. The third kappa shape index (κ3) is 10.0. The molecule has 0 bridgehead atoms. The minimum Gasteiger partial charge on any atom is -0.508 e. The molecule has 0 spiro atoms. The number of hydrogen-bond acceptors (Lipinski definition) is 10. The molecule has 2 aromatic heterocycles. The zero-order valence-corrected chi connectivity index (χ0v) is 35.0. The second-order valence-electron chi connectivity index (χ2n) is 15.4. The Morgan fingerprint density at radius 3 is 1.61 bits per heavy atom. The van der Waals surface area contributed by atoms with Gasteiger partial charge < -0.3 is 45.4 Å². The summed E-state index contributed by atoms with van der Waals surface area (Å²) in [6.45, 7) is -0.686. The summed E-state index contributed by atoms with van der Waals surface area (Å²) in [7, 11) is 1.22. The number of aliphatic hydroxyl groups is 2. The number of H-pyrrole nitrogens is 2. The molecule has 0 atom stereocenters. The molecule has 2 aliphatic rings. The number of hydrogen-bond donors (Lipinski definition) is 7. The van der Waals surface area contributed by atoms with Gasteiger partial charge in [-0.1, -0.05) is 73.6 Å². The lowest BCUT2D eigenvalue weighted by molar-refractivity contribution is 0.101. The van der Waals surface area contributed by atoms with E-state index >= 15 is 0 Å². The number of phenolic OH excluding ortho intramolecular Hbond substituents is 1. The normalized spacial score (nSPS) is 13.5. The number of phenols is 1. The predicted molar refractivity (Wildman–Crippen MR) is 243 cm³/mol. The lowest BCUT2D eigenvalue weighted by Gasteiger charge is -2.18. The molecule has 2 aliphatic carbocycles. The molecule has 6 aromatic rings. The second-order valence-corrected chi connectivity index (χ2v) is 15.4. The summed E-state index contributed by atoms with van der Waals surface area (Å²) >= 11 is 0. The van der Waals surface area contributed by atoms with Crippen LogP contribution in [-0.4, -0.2) is 63.6 Å². The number of benzene rings is 4. The summed E-state index contributed by atoms with van der Waals surface area (Å²) in [5, 5.41) is 35.1. The summed E-state index contributed by atoms with van der Waals surface area (Å²) in [4.78, 5) is 69.3. The number of aromatic nitrogens is 2. The number of aromatic amines is 2. The number of aliphatic hydroxyl groups excluding tert-OH is 2. The van der Waals surface area contributed by atoms with Crippen molar-refractivity contribution in [2.24, 2.45) is 0 Å². The summed E-state index contributed by atoms with van der Waals surface area (Å²) < 4.78 is 10.1. The Bertz CT molecular complexity index is 2990. The van der Waals surface area contributed by atoms with Gasteiger partial charge in [0.25, 0.3) is 11.8 Å². The van der Waals surface area contributed by atoms with Crippen LogP contribution in [0.4, 0.5) is 16.2 Å². The van der Waals surface area contributed by atoms with E-state index in [4.69, 9.17) is 9.84 Å². The zero-order valence-electron chi connectivity index (χ0n) is 35.0. The third-order valence-electron chi connectivity index (χ3n) is 11.4. The number of pyridine rings is 2. The molecule has 326 valence electrons. The Balaban J connectivity index is 0.000000193. The van der Waals surface area contributed by atoms with Crippen molar-refractivity contribution < 1.29 is 39.2 Å². The number of amides is 2. The van der Waals surface area contributed by atoms with Gasteiger partial charge in [0.2, 0.25) is 10.9 Å². The van der Waals surface area contributed by atoms with Crippen LogP contribution in [0.3, 0.4) is 0 Å². The molecule has 0 aliphatic heterocycles. The molecule has 4 aromatic carbocycles. The maximum atomic E-state index is 13.1. The highest BCUT2D eigenvalue weighted by Gasteiger charge is 2.26. The van der Waals surface area contributed by atoms with Gasteiger partial charge in [-0.3, -0.25) is 19.2 Å². The molecule has 14 nitrogen and oxygen atoms in total. The smallest absolute Gasteiger partial charge is 0.508 e. The number of ether oxygens (including phenoxy) is 2. The van der Waals surface area contributed by atoms with Crippen molar-refractivity contribution >= 4 is 51.2 Å². The fourth-order valence-corrected chi connectivity index (χ4v) is 8.28. The quantitative estimate of drug-likeness (QED) is 0.0479. The van der Waals surface area contributed by atoms with E-state index in [1.807, 2.05) is 0 Å². The minimum absolute atomic E-state index is 0.0332. The molecule has 7 N–H and O–H groups in total. The first-order chi connectivity index (χ1) is 31.1. The minimum atomic E-state index is -0.878. The van der Waals surface area contributed by atoms with E-state index in [1.165, 1.54) is 31.6 Å². The van der Waals surface area contributed by atoms with E-state index in [0.29, 0.717) is 38.6 Å². The van der Waals surface area contributed by atoms with E-state index in [0.717, 1.165) is 62.5 Å². The fraction of sp³-hybridized carbons (Fsp3) is 0.260. The van der Waals surface area contributed by atoms with Crippen LogP contribution in [0.15, 0.2) is 94.8 Å². The van der Waals surface area contributed by atoms with E-state index in [1.54, 1.807) is 60.7 Å². The van der Waals surface area contributed by atoms with Crippen LogP contribution in [0.5, 0.6) is 11.5 Å². The number of anilines is 2. The predicted octanol–water partition coefficient (Wildman–Crippen LogP) is 7.41. The Morgan fingerprint density at radius 2 is 1.12 bits per heavy atom. The van der Waals surface area contributed by atoms with Gasteiger partial charge in [-0.25, -0.2) is 4.79 Å². The van der Waals surface area contributed by atoms with Crippen LogP contribution in [0.1, 0.15) is 106 Å². The Labute approximate surface area is 367 Å². The Hall–Kier alpha value is -7.65. The molecule has 2 amide bonds. The molecular formula is C50H46N4O10. The number of aromatic hydroxyl groups is 1. The van der Waals surface area contributed by atoms with Gasteiger partial charge >= 0.3 is 6.16 Å². The summed E-state index contributed by atoms with van der Waals surface area (Å²) in [6.07, 6.45) is 10.1. The molecular weight excluding hydrogens is 817 g/mol. The average Bonchev–Trinajstić information content (AvgIpc) is 4.05. The number of rotatable bonds is 7. The van der Waals surface area contributed by atoms with Gasteiger partial charge in [-0.05, 0) is 85.0 Å². The van der Waals surface area contributed by atoms with Crippen LogP contribution >= 0.6 is 0 Å².